The lowest BCUT2D eigenvalue weighted by Crippen LogP contribution is -2.45. The van der Waals surface area contributed by atoms with E-state index in [1.165, 1.54) is 4.90 Å². The third-order valence-corrected chi connectivity index (χ3v) is 2.69. The first-order valence-corrected chi connectivity index (χ1v) is 5.90. The normalized spacial score (nSPS) is 12.6. The smallest absolute Gasteiger partial charge is 0.326 e. The van der Waals surface area contributed by atoms with Crippen LogP contribution >= 0.6 is 0 Å². The van der Waals surface area contributed by atoms with Gasteiger partial charge in [0.1, 0.15) is 6.04 Å². The van der Waals surface area contributed by atoms with Crippen LogP contribution in [0.25, 0.3) is 0 Å². The SMILES string of the molecule is CCCCCC(=O)N(C)[C@H](C(=O)O)C(C)C. The van der Waals surface area contributed by atoms with Gasteiger partial charge in [0.05, 0.1) is 0 Å². The summed E-state index contributed by atoms with van der Waals surface area (Å²) in [7, 11) is 1.58. The summed E-state index contributed by atoms with van der Waals surface area (Å²) in [6.07, 6.45) is 3.35. The van der Waals surface area contributed by atoms with Crippen molar-refractivity contribution in [3.05, 3.63) is 0 Å². The van der Waals surface area contributed by atoms with E-state index in [2.05, 4.69) is 6.92 Å². The van der Waals surface area contributed by atoms with Crippen LogP contribution in [0, 0.1) is 5.92 Å². The van der Waals surface area contributed by atoms with Crippen molar-refractivity contribution in [2.24, 2.45) is 5.92 Å². The van der Waals surface area contributed by atoms with E-state index in [9.17, 15) is 9.59 Å². The first-order chi connectivity index (χ1) is 7.41. The van der Waals surface area contributed by atoms with Crippen molar-refractivity contribution in [3.63, 3.8) is 0 Å². The van der Waals surface area contributed by atoms with E-state index in [1.54, 1.807) is 7.05 Å². The largest absolute Gasteiger partial charge is 0.480 e. The molecule has 0 saturated carbocycles. The van der Waals surface area contributed by atoms with E-state index >= 15 is 0 Å². The van der Waals surface area contributed by atoms with Crippen LogP contribution in [0.3, 0.4) is 0 Å². The quantitative estimate of drug-likeness (QED) is 0.680. The molecule has 0 aliphatic carbocycles. The molecule has 1 N–H and O–H groups in total. The van der Waals surface area contributed by atoms with Crippen LogP contribution in [-0.2, 0) is 9.59 Å². The predicted octanol–water partition coefficient (Wildman–Crippen LogP) is 2.13. The second-order valence-corrected chi connectivity index (χ2v) is 4.49. The van der Waals surface area contributed by atoms with Gasteiger partial charge in [-0.05, 0) is 12.3 Å². The van der Waals surface area contributed by atoms with E-state index in [4.69, 9.17) is 5.11 Å². The van der Waals surface area contributed by atoms with E-state index in [0.29, 0.717) is 6.42 Å². The Balaban J connectivity index is 4.32. The van der Waals surface area contributed by atoms with Crippen molar-refractivity contribution in [2.45, 2.75) is 52.5 Å². The Morgan fingerprint density at radius 2 is 1.81 bits per heavy atom. The Hall–Kier alpha value is -1.06. The first-order valence-electron chi connectivity index (χ1n) is 5.90. The van der Waals surface area contributed by atoms with E-state index in [0.717, 1.165) is 19.3 Å². The fraction of sp³-hybridized carbons (Fsp3) is 0.833. The zero-order chi connectivity index (χ0) is 12.7. The second kappa shape index (κ2) is 7.25. The Morgan fingerprint density at radius 1 is 1.25 bits per heavy atom. The molecule has 4 heteroatoms. The fourth-order valence-electron chi connectivity index (χ4n) is 1.76. The molecule has 0 spiro atoms. The van der Waals surface area contributed by atoms with E-state index < -0.39 is 12.0 Å². The molecule has 0 fully saturated rings. The van der Waals surface area contributed by atoms with Crippen LogP contribution in [0.15, 0.2) is 0 Å². The van der Waals surface area contributed by atoms with Crippen LogP contribution in [0.2, 0.25) is 0 Å². The molecule has 0 heterocycles. The molecule has 94 valence electrons. The van der Waals surface area contributed by atoms with Gasteiger partial charge in [0.25, 0.3) is 0 Å². The molecule has 16 heavy (non-hydrogen) atoms. The minimum atomic E-state index is -0.929. The number of hydrogen-bond donors (Lipinski definition) is 1. The van der Waals surface area contributed by atoms with E-state index in [-0.39, 0.29) is 11.8 Å². The number of carboxylic acid groups (broad SMARTS) is 1. The molecule has 1 atom stereocenters. The molecular formula is C12H23NO3. The minimum Gasteiger partial charge on any atom is -0.480 e. The van der Waals surface area contributed by atoms with Gasteiger partial charge in [-0.1, -0.05) is 33.6 Å². The zero-order valence-corrected chi connectivity index (χ0v) is 10.7. The number of carbonyl (C=O) groups is 2. The highest BCUT2D eigenvalue weighted by Crippen LogP contribution is 2.12. The van der Waals surface area contributed by atoms with Gasteiger partial charge in [0, 0.05) is 13.5 Å². The number of amides is 1. The number of carboxylic acids is 1. The van der Waals surface area contributed by atoms with Crippen molar-refractivity contribution in [1.29, 1.82) is 0 Å². The number of carbonyl (C=O) groups excluding carboxylic acids is 1. The highest BCUT2D eigenvalue weighted by atomic mass is 16.4. The summed E-state index contributed by atoms with van der Waals surface area (Å²) in [5.74, 6) is -1.08. The average molecular weight is 229 g/mol. The molecule has 0 aromatic carbocycles. The highest BCUT2D eigenvalue weighted by molar-refractivity contribution is 5.83. The Morgan fingerprint density at radius 3 is 2.19 bits per heavy atom. The number of unbranched alkanes of at least 4 members (excludes halogenated alkanes) is 2. The molecule has 0 unspecified atom stereocenters. The van der Waals surface area contributed by atoms with Crippen molar-refractivity contribution in [1.82, 2.24) is 4.90 Å². The molecule has 0 aromatic heterocycles. The lowest BCUT2D eigenvalue weighted by atomic mass is 10.0. The van der Waals surface area contributed by atoms with Crippen LogP contribution in [0.4, 0.5) is 0 Å². The highest BCUT2D eigenvalue weighted by Gasteiger charge is 2.28. The molecule has 0 saturated heterocycles. The van der Waals surface area contributed by atoms with Crippen molar-refractivity contribution in [2.75, 3.05) is 7.05 Å². The van der Waals surface area contributed by atoms with Crippen LogP contribution in [-0.4, -0.2) is 35.0 Å². The second-order valence-electron chi connectivity index (χ2n) is 4.49. The number of likely N-dealkylation sites (N-methyl/N-ethyl adjacent to an activating group) is 1. The lowest BCUT2D eigenvalue weighted by molar-refractivity contribution is -0.151. The predicted molar refractivity (Wildman–Crippen MR) is 63.2 cm³/mol. The molecule has 0 aromatic rings. The standard InChI is InChI=1S/C12H23NO3/c1-5-6-7-8-10(14)13(4)11(9(2)3)12(15)16/h9,11H,5-8H2,1-4H3,(H,15,16)/t11-/m0/s1. The summed E-state index contributed by atoms with van der Waals surface area (Å²) in [6.45, 7) is 5.70. The van der Waals surface area contributed by atoms with Gasteiger partial charge in [-0.3, -0.25) is 4.79 Å². The van der Waals surface area contributed by atoms with Crippen LogP contribution in [0.1, 0.15) is 46.5 Å². The maximum atomic E-state index is 11.7. The Kier molecular flexibility index (Phi) is 6.77. The molecule has 0 bridgehead atoms. The maximum absolute atomic E-state index is 11.7. The molecular weight excluding hydrogens is 206 g/mol. The third kappa shape index (κ3) is 4.64. The number of rotatable bonds is 7. The van der Waals surface area contributed by atoms with Gasteiger partial charge in [-0.25, -0.2) is 4.79 Å². The number of nitrogens with zero attached hydrogens (tertiary/aromatic N) is 1. The summed E-state index contributed by atoms with van der Waals surface area (Å²) in [4.78, 5) is 24.1. The first kappa shape index (κ1) is 14.9. The summed E-state index contributed by atoms with van der Waals surface area (Å²) >= 11 is 0. The van der Waals surface area contributed by atoms with Gasteiger partial charge < -0.3 is 10.0 Å². The summed E-state index contributed by atoms with van der Waals surface area (Å²) in [6, 6.07) is -0.714. The third-order valence-electron chi connectivity index (χ3n) is 2.69. The molecule has 4 nitrogen and oxygen atoms in total. The Labute approximate surface area is 97.6 Å². The van der Waals surface area contributed by atoms with Crippen molar-refractivity contribution >= 4 is 11.9 Å². The van der Waals surface area contributed by atoms with Gasteiger partial charge in [0.2, 0.25) is 5.91 Å². The van der Waals surface area contributed by atoms with Gasteiger partial charge in [-0.2, -0.15) is 0 Å². The monoisotopic (exact) mass is 229 g/mol. The molecule has 0 aliphatic rings. The van der Waals surface area contributed by atoms with Crippen molar-refractivity contribution < 1.29 is 14.7 Å². The van der Waals surface area contributed by atoms with E-state index in [1.807, 2.05) is 13.8 Å². The van der Waals surface area contributed by atoms with Crippen LogP contribution in [0.5, 0.6) is 0 Å². The zero-order valence-electron chi connectivity index (χ0n) is 10.7. The Bertz CT molecular complexity index is 238. The fourth-order valence-corrected chi connectivity index (χ4v) is 1.76. The van der Waals surface area contributed by atoms with Gasteiger partial charge in [0.15, 0.2) is 0 Å². The topological polar surface area (TPSA) is 57.6 Å². The minimum absolute atomic E-state index is 0.0716. The van der Waals surface area contributed by atoms with Crippen molar-refractivity contribution in [3.8, 4) is 0 Å². The summed E-state index contributed by atoms with van der Waals surface area (Å²) in [5, 5.41) is 9.04. The number of hydrogen-bond acceptors (Lipinski definition) is 2. The molecule has 1 amide bonds. The maximum Gasteiger partial charge on any atom is 0.326 e. The summed E-state index contributed by atoms with van der Waals surface area (Å²) < 4.78 is 0. The van der Waals surface area contributed by atoms with Gasteiger partial charge in [-0.15, -0.1) is 0 Å². The lowest BCUT2D eigenvalue weighted by Gasteiger charge is -2.27. The average Bonchev–Trinajstić information content (AvgIpc) is 2.16. The molecule has 0 rings (SSSR count). The molecule has 0 radical (unpaired) electrons. The molecule has 0 aliphatic heterocycles. The van der Waals surface area contributed by atoms with Crippen LogP contribution < -0.4 is 0 Å². The number of aliphatic carboxylic acids is 1. The van der Waals surface area contributed by atoms with Gasteiger partial charge >= 0.3 is 5.97 Å². The summed E-state index contributed by atoms with van der Waals surface area (Å²) in [5.41, 5.74) is 0.